The number of carbonyl (C=O) groups excluding carboxylic acids is 4. The molecule has 0 unspecified atom stereocenters. The summed E-state index contributed by atoms with van der Waals surface area (Å²) < 4.78 is 35.0. The monoisotopic (exact) mass is 634 g/mol. The third kappa shape index (κ3) is 8.64. The zero-order chi connectivity index (χ0) is 32.7. The number of esters is 3. The second kappa shape index (κ2) is 14.6. The Hall–Kier alpha value is -4.35. The molecule has 4 rings (SSSR count). The molecule has 45 heavy (non-hydrogen) atoms. The van der Waals surface area contributed by atoms with Crippen molar-refractivity contribution < 1.29 is 47.6 Å². The number of aromatic amines is 1. The van der Waals surface area contributed by atoms with E-state index in [1.165, 1.54) is 17.8 Å². The molecule has 0 bridgehead atoms. The Balaban J connectivity index is 1.36. The van der Waals surface area contributed by atoms with Gasteiger partial charge >= 0.3 is 23.9 Å². The molecule has 17 nitrogen and oxygen atoms in total. The molecule has 0 saturated carbocycles. The lowest BCUT2D eigenvalue weighted by Gasteiger charge is -2.24. The van der Waals surface area contributed by atoms with Crippen molar-refractivity contribution in [3.8, 4) is 0 Å². The molecule has 0 spiro atoms. The van der Waals surface area contributed by atoms with Crippen molar-refractivity contribution in [2.24, 2.45) is 0 Å². The van der Waals surface area contributed by atoms with Gasteiger partial charge in [0.05, 0.1) is 19.2 Å². The fraction of sp³-hybridized carbons (Fsp3) is 0.607. The van der Waals surface area contributed by atoms with E-state index in [9.17, 15) is 24.0 Å². The Morgan fingerprint density at radius 2 is 1.78 bits per heavy atom. The number of anilines is 1. The number of hydrogen-bond acceptors (Lipinski definition) is 13. The van der Waals surface area contributed by atoms with Crippen molar-refractivity contribution in [2.75, 3.05) is 31.7 Å². The van der Waals surface area contributed by atoms with Gasteiger partial charge in [0.15, 0.2) is 23.2 Å². The summed E-state index contributed by atoms with van der Waals surface area (Å²) >= 11 is 0. The average molecular weight is 635 g/mol. The molecule has 2 aliphatic heterocycles. The number of fused-ring (bicyclic) bond motifs is 2. The topological polar surface area (TPSA) is 211 Å². The third-order valence-electron chi connectivity index (χ3n) is 6.75. The van der Waals surface area contributed by atoms with E-state index < -0.39 is 59.8 Å². The molecule has 3 N–H and O–H groups in total. The largest absolute Gasteiger partial charge is 0.463 e. The van der Waals surface area contributed by atoms with Crippen LogP contribution in [-0.2, 0) is 42.8 Å². The first-order chi connectivity index (χ1) is 21.4. The maximum atomic E-state index is 12.7. The van der Waals surface area contributed by atoms with E-state index in [4.69, 9.17) is 28.4 Å². The minimum Gasteiger partial charge on any atom is -0.463 e. The van der Waals surface area contributed by atoms with Gasteiger partial charge in [-0.25, -0.2) is 14.6 Å². The molecular weight excluding hydrogens is 596 g/mol. The number of nitrogens with one attached hydrogen (secondary N) is 3. The van der Waals surface area contributed by atoms with E-state index in [1.54, 1.807) is 13.8 Å². The number of ether oxygens (including phenoxy) is 6. The molecule has 0 aliphatic carbocycles. The molecular formula is C28H38N6O11. The summed E-state index contributed by atoms with van der Waals surface area (Å²) in [7, 11) is 0. The zero-order valence-electron chi connectivity index (χ0n) is 25.6. The minimum atomic E-state index is -0.993. The number of amides is 2. The van der Waals surface area contributed by atoms with Crippen LogP contribution in [0.4, 0.5) is 10.7 Å². The van der Waals surface area contributed by atoms with Crippen LogP contribution in [-0.4, -0.2) is 93.9 Å². The number of aromatic nitrogens is 4. The molecule has 4 heterocycles. The average Bonchev–Trinajstić information content (AvgIpc) is 3.63. The van der Waals surface area contributed by atoms with Gasteiger partial charge in [-0.1, -0.05) is 19.9 Å². The van der Waals surface area contributed by atoms with E-state index >= 15 is 0 Å². The molecule has 17 heteroatoms. The normalized spacial score (nSPS) is 21.6. The number of hydrogen-bond donors (Lipinski definition) is 3. The summed E-state index contributed by atoms with van der Waals surface area (Å²) in [5, 5.41) is 5.20. The van der Waals surface area contributed by atoms with Gasteiger partial charge in [0.1, 0.15) is 38.1 Å². The summed E-state index contributed by atoms with van der Waals surface area (Å²) in [5.74, 6) is -3.00. The SMILES string of the molecule is C=C(C)C(=O)OCCOC(=O)CCC(=O)OC[C@H]1O[C@@H](n2cnc3c(=O)[nH]c(NC(=O)NCCCC)nc32)[C@@H]2OC(C)(C)O[C@@H]21. The number of nitrogens with zero attached hydrogens (tertiary/aromatic N) is 3. The number of imidazole rings is 1. The van der Waals surface area contributed by atoms with E-state index in [0.29, 0.717) is 6.54 Å². The van der Waals surface area contributed by atoms with Crippen molar-refractivity contribution >= 4 is 41.1 Å². The van der Waals surface area contributed by atoms with Crippen LogP contribution in [0.5, 0.6) is 0 Å². The molecule has 4 atom stereocenters. The summed E-state index contributed by atoms with van der Waals surface area (Å²) in [6.45, 7) is 10.3. The Bertz CT molecular complexity index is 1480. The molecule has 2 aliphatic rings. The van der Waals surface area contributed by atoms with Crippen LogP contribution in [0.25, 0.3) is 11.2 Å². The molecule has 2 fully saturated rings. The van der Waals surface area contributed by atoms with E-state index in [2.05, 4.69) is 32.2 Å². The molecule has 0 aromatic carbocycles. The predicted octanol–water partition coefficient (Wildman–Crippen LogP) is 1.44. The molecule has 2 aromatic rings. The van der Waals surface area contributed by atoms with Crippen LogP contribution >= 0.6 is 0 Å². The molecule has 0 radical (unpaired) electrons. The van der Waals surface area contributed by atoms with Crippen LogP contribution in [0, 0.1) is 0 Å². The number of H-pyrrole nitrogens is 1. The second-order valence-electron chi connectivity index (χ2n) is 10.9. The highest BCUT2D eigenvalue weighted by molar-refractivity contribution is 5.88. The number of urea groups is 1. The molecule has 2 amide bonds. The first kappa shape index (κ1) is 33.5. The fourth-order valence-electron chi connectivity index (χ4n) is 4.66. The first-order valence-corrected chi connectivity index (χ1v) is 14.5. The summed E-state index contributed by atoms with van der Waals surface area (Å²) in [4.78, 5) is 71.7. The lowest BCUT2D eigenvalue weighted by molar-refractivity contribution is -0.202. The van der Waals surface area contributed by atoms with Crippen molar-refractivity contribution in [2.45, 2.75) is 83.7 Å². The van der Waals surface area contributed by atoms with Crippen LogP contribution < -0.4 is 16.2 Å². The van der Waals surface area contributed by atoms with Gasteiger partial charge < -0.3 is 33.7 Å². The van der Waals surface area contributed by atoms with Crippen LogP contribution in [0.15, 0.2) is 23.3 Å². The highest BCUT2D eigenvalue weighted by atomic mass is 16.8. The van der Waals surface area contributed by atoms with Crippen LogP contribution in [0.1, 0.15) is 59.6 Å². The van der Waals surface area contributed by atoms with Crippen LogP contribution in [0.3, 0.4) is 0 Å². The van der Waals surface area contributed by atoms with E-state index in [-0.39, 0.29) is 55.3 Å². The van der Waals surface area contributed by atoms with E-state index in [1.807, 2.05) is 6.92 Å². The smallest absolute Gasteiger partial charge is 0.333 e. The number of rotatable bonds is 14. The molecule has 246 valence electrons. The highest BCUT2D eigenvalue weighted by Gasteiger charge is 2.56. The standard InChI is InChI=1S/C28H38N6O11/c1-6-7-10-29-27(39)33-26-31-22-19(23(37)32-26)30-14-34(22)24-21-20(44-28(4,5)45-21)16(43-24)13-42-18(36)9-8-17(35)40-11-12-41-25(38)15(2)3/h14,16,20-21,24H,2,6-13H2,1,3-5H3,(H3,29,31,32,33,37,39)/t16-,20-,21-,24-/m1/s1. The van der Waals surface area contributed by atoms with Crippen molar-refractivity contribution in [1.82, 2.24) is 24.8 Å². The minimum absolute atomic E-state index is 0.0148. The van der Waals surface area contributed by atoms with Gasteiger partial charge in [-0.15, -0.1) is 0 Å². The van der Waals surface area contributed by atoms with Crippen LogP contribution in [0.2, 0.25) is 0 Å². The molecule has 2 saturated heterocycles. The third-order valence-corrected chi connectivity index (χ3v) is 6.75. The summed E-state index contributed by atoms with van der Waals surface area (Å²) in [6.07, 6.45) is -0.430. The number of unbranched alkanes of at least 4 members (excludes halogenated alkanes) is 1. The van der Waals surface area contributed by atoms with Gasteiger partial charge in [-0.2, -0.15) is 4.98 Å². The van der Waals surface area contributed by atoms with Crippen molar-refractivity contribution in [3.05, 3.63) is 28.8 Å². The van der Waals surface area contributed by atoms with E-state index in [0.717, 1.165) is 12.8 Å². The van der Waals surface area contributed by atoms with Gasteiger partial charge in [-0.05, 0) is 27.2 Å². The second-order valence-corrected chi connectivity index (χ2v) is 10.9. The van der Waals surface area contributed by atoms with Gasteiger partial charge in [-0.3, -0.25) is 29.3 Å². The highest BCUT2D eigenvalue weighted by Crippen LogP contribution is 2.43. The number of carbonyl (C=O) groups is 4. The fourth-order valence-corrected chi connectivity index (χ4v) is 4.66. The summed E-state index contributed by atoms with van der Waals surface area (Å²) in [6, 6.07) is -0.525. The molecule has 2 aromatic heterocycles. The lowest BCUT2D eigenvalue weighted by Crippen LogP contribution is -2.33. The predicted molar refractivity (Wildman–Crippen MR) is 155 cm³/mol. The maximum Gasteiger partial charge on any atom is 0.333 e. The Morgan fingerprint density at radius 3 is 2.49 bits per heavy atom. The Kier molecular flexibility index (Phi) is 10.9. The van der Waals surface area contributed by atoms with Crippen molar-refractivity contribution in [3.63, 3.8) is 0 Å². The first-order valence-electron chi connectivity index (χ1n) is 14.5. The quantitative estimate of drug-likeness (QED) is 0.116. The maximum absolute atomic E-state index is 12.7. The zero-order valence-corrected chi connectivity index (χ0v) is 25.6. The summed E-state index contributed by atoms with van der Waals surface area (Å²) in [5.41, 5.74) is -0.203. The van der Waals surface area contributed by atoms with Crippen molar-refractivity contribution in [1.29, 1.82) is 0 Å². The van der Waals surface area contributed by atoms with Gasteiger partial charge in [0, 0.05) is 12.1 Å². The lowest BCUT2D eigenvalue weighted by atomic mass is 10.1. The Morgan fingerprint density at radius 1 is 1.09 bits per heavy atom. The van der Waals surface area contributed by atoms with Gasteiger partial charge in [0.25, 0.3) is 5.56 Å². The Labute approximate surface area is 257 Å². The van der Waals surface area contributed by atoms with Gasteiger partial charge in [0.2, 0.25) is 5.95 Å².